The highest BCUT2D eigenvalue weighted by molar-refractivity contribution is 5.74. The average molecular weight is 447 g/mol. The van der Waals surface area contributed by atoms with Crippen LogP contribution in [0.5, 0.6) is 11.5 Å². The van der Waals surface area contributed by atoms with Crippen LogP contribution in [0.4, 0.5) is 8.78 Å². The summed E-state index contributed by atoms with van der Waals surface area (Å²) >= 11 is 0. The van der Waals surface area contributed by atoms with Crippen LogP contribution >= 0.6 is 0 Å². The van der Waals surface area contributed by atoms with E-state index in [4.69, 9.17) is 4.74 Å². The lowest BCUT2D eigenvalue weighted by atomic mass is 10.0. The topological polar surface area (TPSA) is 24.5 Å². The van der Waals surface area contributed by atoms with Gasteiger partial charge >= 0.3 is 0 Å². The number of nitrogens with one attached hydrogen (secondary N) is 1. The predicted octanol–water partition coefficient (Wildman–Crippen LogP) is 6.91. The Morgan fingerprint density at radius 3 is 2.48 bits per heavy atom. The first-order valence-electron chi connectivity index (χ1n) is 10.5. The zero-order valence-corrected chi connectivity index (χ0v) is 19.2. The molecule has 0 fully saturated rings. The standard InChI is InChI=1S/C28H28F2N2O/c1-6-22(18-32(4)5)23-9-7-10-24(16-23)33-28-12-8-11-25(19(28)2)20(3)31-17-21-13-14-26(29)27(30)15-21/h6-16,18,31H,1,3,17H2,2,4-5H3/b22-18+. The Hall–Kier alpha value is -3.86. The minimum atomic E-state index is -0.867. The van der Waals surface area contributed by atoms with Crippen LogP contribution in [0, 0.1) is 18.6 Å². The summed E-state index contributed by atoms with van der Waals surface area (Å²) in [6.45, 7) is 10.3. The third-order valence-electron chi connectivity index (χ3n) is 5.11. The smallest absolute Gasteiger partial charge is 0.159 e. The Kier molecular flexibility index (Phi) is 7.67. The molecule has 3 aromatic rings. The van der Waals surface area contributed by atoms with E-state index in [0.29, 0.717) is 29.3 Å². The second-order valence-electron chi connectivity index (χ2n) is 7.89. The molecule has 1 N–H and O–H groups in total. The summed E-state index contributed by atoms with van der Waals surface area (Å²) in [7, 11) is 3.93. The first-order chi connectivity index (χ1) is 15.8. The summed E-state index contributed by atoms with van der Waals surface area (Å²) in [6.07, 6.45) is 3.81. The van der Waals surface area contributed by atoms with Crippen molar-refractivity contribution in [3.63, 3.8) is 0 Å². The molecule has 0 radical (unpaired) electrons. The quantitative estimate of drug-likeness (QED) is 0.361. The van der Waals surface area contributed by atoms with Crippen LogP contribution in [0.25, 0.3) is 11.3 Å². The van der Waals surface area contributed by atoms with Gasteiger partial charge in [-0.1, -0.05) is 49.6 Å². The van der Waals surface area contributed by atoms with Crippen molar-refractivity contribution >= 4 is 11.3 Å². The molecule has 0 aliphatic rings. The summed E-state index contributed by atoms with van der Waals surface area (Å²) in [5.41, 5.74) is 5.08. The van der Waals surface area contributed by atoms with E-state index >= 15 is 0 Å². The van der Waals surface area contributed by atoms with Gasteiger partial charge in [-0.3, -0.25) is 0 Å². The van der Waals surface area contributed by atoms with Gasteiger partial charge in [0.05, 0.1) is 0 Å². The van der Waals surface area contributed by atoms with Crippen molar-refractivity contribution in [3.8, 4) is 11.5 Å². The molecule has 0 unspecified atom stereocenters. The maximum atomic E-state index is 13.5. The number of ether oxygens (including phenoxy) is 1. The van der Waals surface area contributed by atoms with Gasteiger partial charge in [0, 0.05) is 43.7 Å². The van der Waals surface area contributed by atoms with Crippen LogP contribution in [0.1, 0.15) is 22.3 Å². The van der Waals surface area contributed by atoms with Crippen molar-refractivity contribution in [1.29, 1.82) is 0 Å². The molecule has 5 heteroatoms. The van der Waals surface area contributed by atoms with Gasteiger partial charge < -0.3 is 15.0 Å². The van der Waals surface area contributed by atoms with Crippen LogP contribution in [0.2, 0.25) is 0 Å². The van der Waals surface area contributed by atoms with Gasteiger partial charge in [-0.25, -0.2) is 8.78 Å². The van der Waals surface area contributed by atoms with Crippen molar-refractivity contribution in [1.82, 2.24) is 10.2 Å². The molecule has 0 spiro atoms. The highest BCUT2D eigenvalue weighted by Crippen LogP contribution is 2.31. The Morgan fingerprint density at radius 2 is 1.79 bits per heavy atom. The minimum Gasteiger partial charge on any atom is -0.457 e. The van der Waals surface area contributed by atoms with Gasteiger partial charge in [0.15, 0.2) is 11.6 Å². The Balaban J connectivity index is 1.77. The molecule has 0 saturated carbocycles. The lowest BCUT2D eigenvalue weighted by Crippen LogP contribution is -2.12. The number of halogens is 2. The van der Waals surface area contributed by atoms with E-state index < -0.39 is 11.6 Å². The number of allylic oxidation sites excluding steroid dienone is 2. The molecule has 0 aliphatic heterocycles. The molecule has 3 rings (SSSR count). The number of hydrogen-bond donors (Lipinski definition) is 1. The molecule has 0 saturated heterocycles. The maximum Gasteiger partial charge on any atom is 0.159 e. The van der Waals surface area contributed by atoms with Crippen molar-refractivity contribution in [2.75, 3.05) is 14.1 Å². The maximum absolute atomic E-state index is 13.5. The molecule has 0 atom stereocenters. The predicted molar refractivity (Wildman–Crippen MR) is 132 cm³/mol. The van der Waals surface area contributed by atoms with E-state index in [2.05, 4.69) is 18.5 Å². The fraction of sp³-hybridized carbons (Fsp3) is 0.143. The summed E-state index contributed by atoms with van der Waals surface area (Å²) in [5.74, 6) is -0.315. The lowest BCUT2D eigenvalue weighted by molar-refractivity contribution is 0.478. The minimum absolute atomic E-state index is 0.325. The molecular weight excluding hydrogens is 418 g/mol. The normalized spacial score (nSPS) is 11.1. The zero-order valence-electron chi connectivity index (χ0n) is 19.2. The highest BCUT2D eigenvalue weighted by atomic mass is 19.2. The number of hydrogen-bond acceptors (Lipinski definition) is 3. The molecule has 33 heavy (non-hydrogen) atoms. The lowest BCUT2D eigenvalue weighted by Gasteiger charge is -2.16. The summed E-state index contributed by atoms with van der Waals surface area (Å²) < 4.78 is 32.8. The molecule has 170 valence electrons. The van der Waals surface area contributed by atoms with Gasteiger partial charge in [-0.2, -0.15) is 0 Å². The van der Waals surface area contributed by atoms with Crippen molar-refractivity contribution in [2.45, 2.75) is 13.5 Å². The van der Waals surface area contributed by atoms with Crippen LogP contribution in [0.3, 0.4) is 0 Å². The van der Waals surface area contributed by atoms with E-state index in [0.717, 1.165) is 28.3 Å². The van der Waals surface area contributed by atoms with E-state index in [9.17, 15) is 8.78 Å². The van der Waals surface area contributed by atoms with Gasteiger partial charge in [0.2, 0.25) is 0 Å². The number of rotatable bonds is 9. The Bertz CT molecular complexity index is 1200. The summed E-state index contributed by atoms with van der Waals surface area (Å²) in [4.78, 5) is 1.97. The molecule has 0 heterocycles. The fourth-order valence-electron chi connectivity index (χ4n) is 3.39. The van der Waals surface area contributed by atoms with Gasteiger partial charge in [0.25, 0.3) is 0 Å². The molecule has 3 aromatic carbocycles. The average Bonchev–Trinajstić information content (AvgIpc) is 2.79. The van der Waals surface area contributed by atoms with Crippen LogP contribution in [-0.2, 0) is 6.54 Å². The molecular formula is C28H28F2N2O. The molecule has 0 aliphatic carbocycles. The van der Waals surface area contributed by atoms with E-state index in [1.165, 1.54) is 6.07 Å². The Morgan fingerprint density at radius 1 is 1.03 bits per heavy atom. The first-order valence-corrected chi connectivity index (χ1v) is 10.5. The van der Waals surface area contributed by atoms with Gasteiger partial charge in [-0.15, -0.1) is 0 Å². The largest absolute Gasteiger partial charge is 0.457 e. The van der Waals surface area contributed by atoms with Gasteiger partial charge in [0.1, 0.15) is 11.5 Å². The third-order valence-corrected chi connectivity index (χ3v) is 5.11. The molecule has 0 bridgehead atoms. The zero-order chi connectivity index (χ0) is 24.0. The first kappa shape index (κ1) is 23.8. The van der Waals surface area contributed by atoms with Crippen LogP contribution in [0.15, 0.2) is 86.1 Å². The van der Waals surface area contributed by atoms with Gasteiger partial charge in [-0.05, 0) is 54.0 Å². The van der Waals surface area contributed by atoms with Crippen LogP contribution in [-0.4, -0.2) is 19.0 Å². The monoisotopic (exact) mass is 446 g/mol. The second-order valence-corrected chi connectivity index (χ2v) is 7.89. The Labute approximate surface area is 194 Å². The molecule has 0 amide bonds. The SMILES string of the molecule is C=C/C(=C\N(C)C)c1cccc(Oc2cccc(C(=C)NCc3ccc(F)c(F)c3)c2C)c1. The van der Waals surface area contributed by atoms with E-state index in [1.54, 1.807) is 6.07 Å². The highest BCUT2D eigenvalue weighted by Gasteiger charge is 2.10. The summed E-state index contributed by atoms with van der Waals surface area (Å²) in [5, 5.41) is 3.18. The molecule has 3 nitrogen and oxygen atoms in total. The molecule has 0 aromatic heterocycles. The van der Waals surface area contributed by atoms with Crippen molar-refractivity contribution in [3.05, 3.63) is 120 Å². The second kappa shape index (κ2) is 10.6. The third kappa shape index (κ3) is 6.10. The summed E-state index contributed by atoms with van der Waals surface area (Å²) in [6, 6.07) is 17.4. The van der Waals surface area contributed by atoms with Crippen LogP contribution < -0.4 is 10.1 Å². The fourth-order valence-corrected chi connectivity index (χ4v) is 3.39. The van der Waals surface area contributed by atoms with E-state index in [-0.39, 0.29) is 0 Å². The van der Waals surface area contributed by atoms with Crippen molar-refractivity contribution < 1.29 is 13.5 Å². The van der Waals surface area contributed by atoms with Crippen molar-refractivity contribution in [2.24, 2.45) is 0 Å². The number of benzene rings is 3. The number of nitrogens with zero attached hydrogens (tertiary/aromatic N) is 1. The van der Waals surface area contributed by atoms with E-state index in [1.807, 2.05) is 80.7 Å².